The Bertz CT molecular complexity index is 292. The molecule has 0 aliphatic heterocycles. The van der Waals surface area contributed by atoms with Crippen LogP contribution in [0.2, 0.25) is 0 Å². The highest BCUT2D eigenvalue weighted by atomic mass is 19.4. The molecule has 0 saturated carbocycles. The molecule has 0 bridgehead atoms. The highest BCUT2D eigenvalue weighted by Crippen LogP contribution is 2.16. The maximum atomic E-state index is 12.1. The fourth-order valence-electron chi connectivity index (χ4n) is 1.17. The second-order valence-electron chi connectivity index (χ2n) is 3.02. The van der Waals surface area contributed by atoms with E-state index in [-0.39, 0.29) is 5.69 Å². The summed E-state index contributed by atoms with van der Waals surface area (Å²) in [5, 5.41) is 3.94. The first-order chi connectivity index (χ1) is 5.92. The van der Waals surface area contributed by atoms with Crippen molar-refractivity contribution in [3.8, 4) is 0 Å². The van der Waals surface area contributed by atoms with E-state index in [9.17, 15) is 12.9 Å². The van der Waals surface area contributed by atoms with Crippen LogP contribution >= 0.6 is 0 Å². The lowest BCUT2D eigenvalue weighted by Crippen LogP contribution is -2.21. The molecule has 0 aromatic carbocycles. The van der Waals surface area contributed by atoms with Crippen LogP contribution in [0.4, 0.5) is 12.9 Å². The quantitative estimate of drug-likeness (QED) is 0.667. The maximum absolute atomic E-state index is 12.1. The molecule has 0 aliphatic rings. The molecule has 2 nitrogen and oxygen atoms in total. The van der Waals surface area contributed by atoms with E-state index in [0.29, 0.717) is 12.1 Å². The van der Waals surface area contributed by atoms with Crippen molar-refractivity contribution in [3.63, 3.8) is 0 Å². The molecule has 0 amide bonds. The van der Waals surface area contributed by atoms with E-state index in [2.05, 4.69) is 5.10 Å². The van der Waals surface area contributed by atoms with E-state index in [1.54, 1.807) is 0 Å². The lowest BCUT2D eigenvalue weighted by Gasteiger charge is -2.12. The van der Waals surface area contributed by atoms with E-state index in [4.69, 9.17) is 0 Å². The summed E-state index contributed by atoms with van der Waals surface area (Å²) in [6, 6.07) is 1.51. The van der Waals surface area contributed by atoms with Gasteiger partial charge in [0, 0.05) is 12.7 Å². The zero-order chi connectivity index (χ0) is 10.1. The van der Waals surface area contributed by atoms with Crippen molar-refractivity contribution in [2.75, 3.05) is 0 Å². The topological polar surface area (TPSA) is 17.8 Å². The third-order valence-corrected chi connectivity index (χ3v) is 1.83. The number of halogens is 3. The molecule has 0 N–H and O–H groups in total. The molecule has 1 heterocycles. The van der Waals surface area contributed by atoms with Crippen LogP contribution in [-0.4, -0.2) is 16.8 Å². The van der Waals surface area contributed by atoms with Gasteiger partial charge in [-0.1, -0.05) is 6.92 Å². The lowest BCUT2D eigenvalue weighted by molar-refractivity contribution is 0.464. The van der Waals surface area contributed by atoms with E-state index < -0.39 is 13.3 Å². The molecule has 1 aromatic heterocycles. The predicted molar refractivity (Wildman–Crippen MR) is 45.4 cm³/mol. The zero-order valence-electron chi connectivity index (χ0n) is 7.60. The summed E-state index contributed by atoms with van der Waals surface area (Å²) >= 11 is 0. The van der Waals surface area contributed by atoms with Crippen LogP contribution in [0.1, 0.15) is 18.3 Å². The Balaban J connectivity index is 2.83. The summed E-state index contributed by atoms with van der Waals surface area (Å²) in [5.41, 5.74) is 0.946. The number of aromatic nitrogens is 2. The normalized spacial score (nSPS) is 12.1. The van der Waals surface area contributed by atoms with Gasteiger partial charge in [0.15, 0.2) is 0 Å². The molecule has 0 spiro atoms. The molecule has 74 valence electrons. The summed E-state index contributed by atoms with van der Waals surface area (Å²) < 4.78 is 37.5. The van der Waals surface area contributed by atoms with Gasteiger partial charge in [0.1, 0.15) is 0 Å². The molecule has 0 radical (unpaired) electrons. The second kappa shape index (κ2) is 3.43. The van der Waals surface area contributed by atoms with Crippen molar-refractivity contribution in [1.82, 2.24) is 9.78 Å². The van der Waals surface area contributed by atoms with Crippen molar-refractivity contribution >= 4 is 6.98 Å². The second-order valence-corrected chi connectivity index (χ2v) is 3.02. The van der Waals surface area contributed by atoms with E-state index in [0.717, 1.165) is 0 Å². The van der Waals surface area contributed by atoms with Crippen molar-refractivity contribution in [2.45, 2.75) is 19.7 Å². The molecular formula is C7H11BF3N2-. The van der Waals surface area contributed by atoms with Gasteiger partial charge in [0.2, 0.25) is 0 Å². The highest BCUT2D eigenvalue weighted by Gasteiger charge is 2.25. The third-order valence-electron chi connectivity index (χ3n) is 1.83. The molecule has 0 aliphatic carbocycles. The van der Waals surface area contributed by atoms with Gasteiger partial charge in [-0.25, -0.2) is 0 Å². The fraction of sp³-hybridized carbons (Fsp3) is 0.571. The average molecular weight is 191 g/mol. The minimum Gasteiger partial charge on any atom is -0.449 e. The molecular weight excluding hydrogens is 180 g/mol. The summed E-state index contributed by atoms with van der Waals surface area (Å²) in [4.78, 5) is 0. The van der Waals surface area contributed by atoms with Crippen LogP contribution in [-0.2, 0) is 19.8 Å². The molecule has 6 heteroatoms. The molecule has 1 rings (SSSR count). The molecule has 13 heavy (non-hydrogen) atoms. The fourth-order valence-corrected chi connectivity index (χ4v) is 1.17. The molecule has 0 saturated heterocycles. The maximum Gasteiger partial charge on any atom is 0.484 e. The van der Waals surface area contributed by atoms with E-state index in [1.165, 1.54) is 17.8 Å². The van der Waals surface area contributed by atoms with Crippen LogP contribution in [0.3, 0.4) is 0 Å². The van der Waals surface area contributed by atoms with Crippen molar-refractivity contribution < 1.29 is 12.9 Å². The summed E-state index contributed by atoms with van der Waals surface area (Å²) in [6.45, 7) is -2.89. The standard InChI is InChI=1S/C7H11BF3N2/c1-3-6-4-7(13(2)12-6)5-8(9,10)11/h4H,3,5H2,1-2H3/q-1. The minimum absolute atomic E-state index is 0.240. The number of rotatable bonds is 3. The molecule has 1 aromatic rings. The van der Waals surface area contributed by atoms with Crippen LogP contribution in [0.5, 0.6) is 0 Å². The first-order valence-electron chi connectivity index (χ1n) is 4.15. The Morgan fingerprint density at radius 2 is 2.08 bits per heavy atom. The van der Waals surface area contributed by atoms with Crippen LogP contribution < -0.4 is 0 Å². The van der Waals surface area contributed by atoms with Gasteiger partial charge in [-0.15, -0.1) is 0 Å². The van der Waals surface area contributed by atoms with Gasteiger partial charge in [-0.05, 0) is 18.8 Å². The summed E-state index contributed by atoms with van der Waals surface area (Å²) in [6.07, 6.45) is -0.178. The number of nitrogens with zero attached hydrogens (tertiary/aromatic N) is 2. The Morgan fingerprint density at radius 3 is 2.46 bits per heavy atom. The average Bonchev–Trinajstić information content (AvgIpc) is 2.29. The lowest BCUT2D eigenvalue weighted by atomic mass is 9.84. The first kappa shape index (κ1) is 10.1. The SMILES string of the molecule is CCc1cc(C[B-](F)(F)F)n(C)n1. The largest absolute Gasteiger partial charge is 0.484 e. The van der Waals surface area contributed by atoms with E-state index >= 15 is 0 Å². The van der Waals surface area contributed by atoms with Crippen molar-refractivity contribution in [3.05, 3.63) is 17.5 Å². The number of hydrogen-bond donors (Lipinski definition) is 0. The van der Waals surface area contributed by atoms with Crippen molar-refractivity contribution in [2.24, 2.45) is 7.05 Å². The minimum atomic E-state index is -4.76. The van der Waals surface area contributed by atoms with Gasteiger partial charge in [0.05, 0.1) is 5.69 Å². The van der Waals surface area contributed by atoms with Crippen LogP contribution in [0, 0.1) is 0 Å². The van der Waals surface area contributed by atoms with Crippen LogP contribution in [0.15, 0.2) is 6.07 Å². The van der Waals surface area contributed by atoms with E-state index in [1.807, 2.05) is 6.92 Å². The third kappa shape index (κ3) is 2.79. The Morgan fingerprint density at radius 1 is 1.46 bits per heavy atom. The predicted octanol–water partition coefficient (Wildman–Crippen LogP) is 1.91. The number of aryl methyl sites for hydroxylation is 2. The van der Waals surface area contributed by atoms with Crippen molar-refractivity contribution in [1.29, 1.82) is 0 Å². The highest BCUT2D eigenvalue weighted by molar-refractivity contribution is 6.57. The van der Waals surface area contributed by atoms with Gasteiger partial charge in [-0.3, -0.25) is 4.68 Å². The first-order valence-corrected chi connectivity index (χ1v) is 4.15. The van der Waals surface area contributed by atoms with Gasteiger partial charge < -0.3 is 12.9 Å². The Labute approximate surface area is 74.8 Å². The molecule has 0 atom stereocenters. The van der Waals surface area contributed by atoms with Gasteiger partial charge in [-0.2, -0.15) is 5.10 Å². The summed E-state index contributed by atoms with van der Waals surface area (Å²) in [5.74, 6) is 0. The Kier molecular flexibility index (Phi) is 2.68. The Hall–Kier alpha value is -0.935. The van der Waals surface area contributed by atoms with Gasteiger partial charge >= 0.3 is 6.98 Å². The zero-order valence-corrected chi connectivity index (χ0v) is 7.60. The summed E-state index contributed by atoms with van der Waals surface area (Å²) in [7, 11) is 1.54. The number of hydrogen-bond acceptors (Lipinski definition) is 1. The molecule has 0 fully saturated rings. The molecule has 0 unspecified atom stereocenters. The monoisotopic (exact) mass is 191 g/mol. The smallest absolute Gasteiger partial charge is 0.449 e. The van der Waals surface area contributed by atoms with Crippen LogP contribution in [0.25, 0.3) is 0 Å². The van der Waals surface area contributed by atoms with Gasteiger partial charge in [0.25, 0.3) is 0 Å².